The number of hydrogen-bond acceptors (Lipinski definition) is 2. The van der Waals surface area contributed by atoms with Gasteiger partial charge in [0, 0.05) is 32.2 Å². The molecule has 4 heteroatoms. The third-order valence-electron chi connectivity index (χ3n) is 5.61. The van der Waals surface area contributed by atoms with Crippen molar-refractivity contribution in [1.82, 2.24) is 4.98 Å². The van der Waals surface area contributed by atoms with Crippen LogP contribution in [0, 0.1) is 0 Å². The SMILES string of the molecule is Nc1ccc(Cl)cc1-c1nc2ccc(Cl)cc2c(Cc2ccccc2)c1-c1ccccc1. The van der Waals surface area contributed by atoms with Crippen molar-refractivity contribution in [3.05, 3.63) is 118 Å². The molecule has 1 heterocycles. The van der Waals surface area contributed by atoms with E-state index < -0.39 is 0 Å². The molecule has 0 bridgehead atoms. The lowest BCUT2D eigenvalue weighted by Crippen LogP contribution is -2.02. The molecule has 0 radical (unpaired) electrons. The summed E-state index contributed by atoms with van der Waals surface area (Å²) >= 11 is 12.8. The molecule has 32 heavy (non-hydrogen) atoms. The number of nitrogen functional groups attached to an aromatic ring is 1. The maximum Gasteiger partial charge on any atom is 0.0812 e. The van der Waals surface area contributed by atoms with Crippen LogP contribution in [0.25, 0.3) is 33.3 Å². The van der Waals surface area contributed by atoms with E-state index in [0.717, 1.165) is 45.3 Å². The van der Waals surface area contributed by atoms with Crippen molar-refractivity contribution < 1.29 is 0 Å². The Bertz CT molecular complexity index is 1410. The number of aromatic nitrogens is 1. The van der Waals surface area contributed by atoms with Crippen LogP contribution in [0.4, 0.5) is 5.69 Å². The second-order valence-corrected chi connectivity index (χ2v) is 8.61. The number of pyridine rings is 1. The molecule has 0 saturated carbocycles. The van der Waals surface area contributed by atoms with Gasteiger partial charge in [-0.1, -0.05) is 83.9 Å². The molecular formula is C28H20Cl2N2. The van der Waals surface area contributed by atoms with Crippen molar-refractivity contribution in [1.29, 1.82) is 0 Å². The highest BCUT2D eigenvalue weighted by atomic mass is 35.5. The molecule has 5 rings (SSSR count). The van der Waals surface area contributed by atoms with E-state index in [4.69, 9.17) is 33.9 Å². The maximum absolute atomic E-state index is 6.43. The second-order valence-electron chi connectivity index (χ2n) is 7.74. The van der Waals surface area contributed by atoms with Crippen LogP contribution >= 0.6 is 23.2 Å². The number of nitrogens with zero attached hydrogens (tertiary/aromatic N) is 1. The van der Waals surface area contributed by atoms with Gasteiger partial charge in [-0.05, 0) is 59.5 Å². The average Bonchev–Trinajstić information content (AvgIpc) is 2.82. The van der Waals surface area contributed by atoms with Gasteiger partial charge in [-0.25, -0.2) is 4.98 Å². The summed E-state index contributed by atoms with van der Waals surface area (Å²) < 4.78 is 0. The first-order valence-electron chi connectivity index (χ1n) is 10.4. The fraction of sp³-hybridized carbons (Fsp3) is 0.0357. The zero-order valence-electron chi connectivity index (χ0n) is 17.2. The van der Waals surface area contributed by atoms with Gasteiger partial charge in [0.15, 0.2) is 0 Å². The van der Waals surface area contributed by atoms with E-state index in [1.807, 2.05) is 54.6 Å². The molecule has 5 aromatic rings. The molecule has 0 saturated heterocycles. The van der Waals surface area contributed by atoms with Crippen molar-refractivity contribution in [2.24, 2.45) is 0 Å². The van der Waals surface area contributed by atoms with Crippen molar-refractivity contribution in [3.8, 4) is 22.4 Å². The molecule has 2 nitrogen and oxygen atoms in total. The van der Waals surface area contributed by atoms with Gasteiger partial charge in [0.1, 0.15) is 0 Å². The summed E-state index contributed by atoms with van der Waals surface area (Å²) in [6, 6.07) is 32.1. The van der Waals surface area contributed by atoms with Gasteiger partial charge in [0.05, 0.1) is 11.2 Å². The van der Waals surface area contributed by atoms with Gasteiger partial charge in [0.25, 0.3) is 0 Å². The topological polar surface area (TPSA) is 38.9 Å². The summed E-state index contributed by atoms with van der Waals surface area (Å²) in [7, 11) is 0. The molecule has 0 spiro atoms. The Morgan fingerprint density at radius 1 is 0.719 bits per heavy atom. The van der Waals surface area contributed by atoms with Crippen molar-refractivity contribution in [3.63, 3.8) is 0 Å². The molecule has 0 amide bonds. The smallest absolute Gasteiger partial charge is 0.0812 e. The zero-order chi connectivity index (χ0) is 22.1. The first-order valence-corrected chi connectivity index (χ1v) is 11.1. The monoisotopic (exact) mass is 454 g/mol. The highest BCUT2D eigenvalue weighted by Gasteiger charge is 2.20. The van der Waals surface area contributed by atoms with E-state index in [9.17, 15) is 0 Å². The summed E-state index contributed by atoms with van der Waals surface area (Å²) in [5, 5.41) is 2.34. The Kier molecular flexibility index (Phi) is 5.57. The predicted octanol–water partition coefficient (Wildman–Crippen LogP) is 8.05. The second kappa shape index (κ2) is 8.66. The van der Waals surface area contributed by atoms with Crippen LogP contribution in [0.5, 0.6) is 0 Å². The Labute approximate surface area is 197 Å². The number of halogens is 2. The molecule has 0 atom stereocenters. The number of benzene rings is 4. The lowest BCUT2D eigenvalue weighted by atomic mass is 9.88. The highest BCUT2D eigenvalue weighted by Crippen LogP contribution is 2.41. The van der Waals surface area contributed by atoms with Crippen molar-refractivity contribution >= 4 is 39.8 Å². The molecule has 0 aliphatic carbocycles. The number of fused-ring (bicyclic) bond motifs is 1. The standard InChI is InChI=1S/C28H20Cl2N2/c29-20-11-13-25(31)24(17-20)28-27(19-9-5-2-6-10-19)23(15-18-7-3-1-4-8-18)22-16-21(30)12-14-26(22)32-28/h1-14,16-17H,15,31H2. The predicted molar refractivity (Wildman–Crippen MR) is 136 cm³/mol. The minimum Gasteiger partial charge on any atom is -0.398 e. The van der Waals surface area contributed by atoms with Gasteiger partial charge < -0.3 is 5.73 Å². The largest absolute Gasteiger partial charge is 0.398 e. The minimum atomic E-state index is 0.621. The number of rotatable bonds is 4. The van der Waals surface area contributed by atoms with Crippen LogP contribution in [0.2, 0.25) is 10.0 Å². The average molecular weight is 455 g/mol. The first-order chi connectivity index (χ1) is 15.6. The van der Waals surface area contributed by atoms with E-state index in [1.165, 1.54) is 5.56 Å². The first kappa shape index (κ1) is 20.6. The molecule has 156 valence electrons. The van der Waals surface area contributed by atoms with Crippen LogP contribution in [0.15, 0.2) is 97.1 Å². The van der Waals surface area contributed by atoms with Crippen LogP contribution in [0.1, 0.15) is 11.1 Å². The molecular weight excluding hydrogens is 435 g/mol. The highest BCUT2D eigenvalue weighted by molar-refractivity contribution is 6.31. The lowest BCUT2D eigenvalue weighted by Gasteiger charge is -2.19. The van der Waals surface area contributed by atoms with Gasteiger partial charge in [0.2, 0.25) is 0 Å². The summed E-state index contributed by atoms with van der Waals surface area (Å²) in [6.45, 7) is 0. The molecule has 0 aliphatic heterocycles. The molecule has 2 N–H and O–H groups in total. The van der Waals surface area contributed by atoms with E-state index >= 15 is 0 Å². The van der Waals surface area contributed by atoms with Crippen LogP contribution in [0.3, 0.4) is 0 Å². The van der Waals surface area contributed by atoms with Gasteiger partial charge in [-0.3, -0.25) is 0 Å². The molecule has 0 fully saturated rings. The minimum absolute atomic E-state index is 0.621. The van der Waals surface area contributed by atoms with Crippen molar-refractivity contribution in [2.45, 2.75) is 6.42 Å². The fourth-order valence-corrected chi connectivity index (χ4v) is 4.47. The number of nitrogens with two attached hydrogens (primary N) is 1. The van der Waals surface area contributed by atoms with Crippen LogP contribution < -0.4 is 5.73 Å². The van der Waals surface area contributed by atoms with E-state index in [2.05, 4.69) is 36.4 Å². The van der Waals surface area contributed by atoms with E-state index in [-0.39, 0.29) is 0 Å². The Morgan fingerprint density at radius 3 is 2.12 bits per heavy atom. The van der Waals surface area contributed by atoms with Crippen LogP contribution in [-0.4, -0.2) is 4.98 Å². The van der Waals surface area contributed by atoms with Gasteiger partial charge in [-0.15, -0.1) is 0 Å². The number of hydrogen-bond donors (Lipinski definition) is 1. The van der Waals surface area contributed by atoms with Crippen LogP contribution in [-0.2, 0) is 6.42 Å². The molecule has 0 aliphatic rings. The third-order valence-corrected chi connectivity index (χ3v) is 6.08. The quantitative estimate of drug-likeness (QED) is 0.279. The van der Waals surface area contributed by atoms with Gasteiger partial charge in [-0.2, -0.15) is 0 Å². The molecule has 1 aromatic heterocycles. The molecule has 0 unspecified atom stereocenters. The lowest BCUT2D eigenvalue weighted by molar-refractivity contribution is 1.20. The zero-order valence-corrected chi connectivity index (χ0v) is 18.7. The summed E-state index contributed by atoms with van der Waals surface area (Å²) in [4.78, 5) is 5.07. The van der Waals surface area contributed by atoms with Crippen molar-refractivity contribution in [2.75, 3.05) is 5.73 Å². The summed E-state index contributed by atoms with van der Waals surface area (Å²) in [5.74, 6) is 0. The maximum atomic E-state index is 6.43. The summed E-state index contributed by atoms with van der Waals surface area (Å²) in [5.41, 5.74) is 14.0. The van der Waals surface area contributed by atoms with Gasteiger partial charge >= 0.3 is 0 Å². The number of anilines is 1. The normalized spacial score (nSPS) is 11.1. The third kappa shape index (κ3) is 3.95. The molecule has 4 aromatic carbocycles. The summed E-state index contributed by atoms with van der Waals surface area (Å²) in [6.07, 6.45) is 0.734. The Balaban J connectivity index is 1.91. The van der Waals surface area contributed by atoms with E-state index in [0.29, 0.717) is 15.7 Å². The Hall–Kier alpha value is -3.33. The Morgan fingerprint density at radius 2 is 1.38 bits per heavy atom. The van der Waals surface area contributed by atoms with E-state index in [1.54, 1.807) is 6.07 Å². The fourth-order valence-electron chi connectivity index (χ4n) is 4.13.